The van der Waals surface area contributed by atoms with Gasteiger partial charge in [-0.15, -0.1) is 20.4 Å². The first-order valence-electron chi connectivity index (χ1n) is 8.33. The molecule has 8 nitrogen and oxygen atoms in total. The summed E-state index contributed by atoms with van der Waals surface area (Å²) in [6.45, 7) is 3.52. The van der Waals surface area contributed by atoms with Crippen LogP contribution in [0.2, 0.25) is 0 Å². The van der Waals surface area contributed by atoms with Crippen molar-refractivity contribution in [1.29, 1.82) is 0 Å². The predicted molar refractivity (Wildman–Crippen MR) is 95.9 cm³/mol. The highest BCUT2D eigenvalue weighted by atomic mass is 32.1. The Balaban J connectivity index is 1.50. The van der Waals surface area contributed by atoms with E-state index in [4.69, 9.17) is 0 Å². The largest absolute Gasteiger partial charge is 0.343 e. The van der Waals surface area contributed by atoms with Crippen LogP contribution in [0.15, 0.2) is 0 Å². The van der Waals surface area contributed by atoms with E-state index in [2.05, 4.69) is 25.7 Å². The first-order chi connectivity index (χ1) is 12.1. The van der Waals surface area contributed by atoms with Crippen LogP contribution in [0.3, 0.4) is 0 Å². The number of nitrogens with one attached hydrogen (secondary N) is 1. The molecule has 0 unspecified atom stereocenters. The van der Waals surface area contributed by atoms with Crippen LogP contribution in [0.4, 0.5) is 5.13 Å². The lowest BCUT2D eigenvalue weighted by atomic mass is 10.2. The summed E-state index contributed by atoms with van der Waals surface area (Å²) in [6, 6.07) is 0. The number of hydrogen-bond acceptors (Lipinski definition) is 8. The fourth-order valence-corrected chi connectivity index (χ4v) is 3.96. The van der Waals surface area contributed by atoms with Gasteiger partial charge in [-0.2, -0.15) is 0 Å². The average Bonchev–Trinajstić information content (AvgIpc) is 3.13. The lowest BCUT2D eigenvalue weighted by molar-refractivity contribution is -0.131. The van der Waals surface area contributed by atoms with Crippen molar-refractivity contribution in [3.63, 3.8) is 0 Å². The SMILES string of the molecule is Cc1nnc(NC(=O)c2nnc(CCC(=O)N3CCCCCC3)s2)s1. The van der Waals surface area contributed by atoms with Gasteiger partial charge in [-0.25, -0.2) is 0 Å². The topological polar surface area (TPSA) is 101 Å². The summed E-state index contributed by atoms with van der Waals surface area (Å²) in [5.41, 5.74) is 0. The van der Waals surface area contributed by atoms with Crippen molar-refractivity contribution in [1.82, 2.24) is 25.3 Å². The fraction of sp³-hybridized carbons (Fsp3) is 0.600. The van der Waals surface area contributed by atoms with Crippen molar-refractivity contribution in [2.24, 2.45) is 0 Å². The molecule has 2 amide bonds. The van der Waals surface area contributed by atoms with E-state index in [0.717, 1.165) is 30.9 Å². The van der Waals surface area contributed by atoms with E-state index in [9.17, 15) is 9.59 Å². The van der Waals surface area contributed by atoms with Crippen molar-refractivity contribution in [2.75, 3.05) is 18.4 Å². The molecule has 0 saturated carbocycles. The minimum atomic E-state index is -0.348. The summed E-state index contributed by atoms with van der Waals surface area (Å²) >= 11 is 2.51. The van der Waals surface area contributed by atoms with Crippen molar-refractivity contribution < 1.29 is 9.59 Å². The maximum Gasteiger partial charge on any atom is 0.288 e. The van der Waals surface area contributed by atoms with Crippen LogP contribution >= 0.6 is 22.7 Å². The first kappa shape index (κ1) is 17.9. The van der Waals surface area contributed by atoms with Crippen molar-refractivity contribution in [2.45, 2.75) is 45.4 Å². The molecule has 0 bridgehead atoms. The molecule has 1 N–H and O–H groups in total. The van der Waals surface area contributed by atoms with E-state index in [1.807, 2.05) is 11.8 Å². The number of nitrogens with zero attached hydrogens (tertiary/aromatic N) is 5. The molecule has 0 radical (unpaired) electrons. The van der Waals surface area contributed by atoms with Crippen LogP contribution in [0, 0.1) is 6.92 Å². The summed E-state index contributed by atoms with van der Waals surface area (Å²) in [7, 11) is 0. The number of carbonyl (C=O) groups excluding carboxylic acids is 2. The van der Waals surface area contributed by atoms with Gasteiger partial charge in [0.05, 0.1) is 0 Å². The van der Waals surface area contributed by atoms with Crippen molar-refractivity contribution >= 4 is 39.6 Å². The highest BCUT2D eigenvalue weighted by molar-refractivity contribution is 7.15. The second-order valence-electron chi connectivity index (χ2n) is 5.88. The molecule has 2 aromatic heterocycles. The molecule has 10 heteroatoms. The molecule has 0 aliphatic carbocycles. The zero-order valence-electron chi connectivity index (χ0n) is 14.0. The Morgan fingerprint density at radius 1 is 1.04 bits per heavy atom. The molecule has 0 atom stereocenters. The number of aromatic nitrogens is 4. The van der Waals surface area contributed by atoms with E-state index >= 15 is 0 Å². The number of anilines is 1. The van der Waals surface area contributed by atoms with Crippen LogP contribution < -0.4 is 5.32 Å². The van der Waals surface area contributed by atoms with Gasteiger partial charge in [0, 0.05) is 25.9 Å². The highest BCUT2D eigenvalue weighted by Gasteiger charge is 2.18. The molecular formula is C15H20N6O2S2. The molecule has 134 valence electrons. The van der Waals surface area contributed by atoms with E-state index in [-0.39, 0.29) is 16.8 Å². The summed E-state index contributed by atoms with van der Waals surface area (Å²) < 4.78 is 0. The van der Waals surface area contributed by atoms with E-state index in [1.165, 1.54) is 35.5 Å². The third-order valence-corrected chi connectivity index (χ3v) is 5.65. The average molecular weight is 380 g/mol. The van der Waals surface area contributed by atoms with Gasteiger partial charge in [-0.1, -0.05) is 35.5 Å². The number of rotatable bonds is 5. The van der Waals surface area contributed by atoms with Gasteiger partial charge in [-0.3, -0.25) is 14.9 Å². The van der Waals surface area contributed by atoms with Gasteiger partial charge >= 0.3 is 0 Å². The van der Waals surface area contributed by atoms with Crippen LogP contribution in [-0.4, -0.2) is 50.2 Å². The molecule has 1 aliphatic rings. The molecule has 3 rings (SSSR count). The Bertz CT molecular complexity index is 736. The smallest absolute Gasteiger partial charge is 0.288 e. The normalized spacial score (nSPS) is 15.0. The lowest BCUT2D eigenvalue weighted by Crippen LogP contribution is -2.31. The third kappa shape index (κ3) is 5.02. The Hall–Kier alpha value is -1.94. The molecule has 1 aliphatic heterocycles. The van der Waals surface area contributed by atoms with E-state index in [1.54, 1.807) is 0 Å². The maximum absolute atomic E-state index is 12.3. The molecule has 2 aromatic rings. The molecule has 3 heterocycles. The fourth-order valence-electron chi connectivity index (χ4n) is 2.64. The molecular weight excluding hydrogens is 360 g/mol. The summed E-state index contributed by atoms with van der Waals surface area (Å²) in [6.07, 6.45) is 5.49. The van der Waals surface area contributed by atoms with Gasteiger partial charge in [0.1, 0.15) is 10.0 Å². The summed E-state index contributed by atoms with van der Waals surface area (Å²) in [5.74, 6) is -0.189. The zero-order valence-corrected chi connectivity index (χ0v) is 15.7. The zero-order chi connectivity index (χ0) is 17.6. The van der Waals surface area contributed by atoms with E-state index in [0.29, 0.717) is 23.0 Å². The number of carbonyl (C=O) groups is 2. The first-order valence-corrected chi connectivity index (χ1v) is 9.97. The Labute approximate surface area is 153 Å². The maximum atomic E-state index is 12.3. The number of hydrogen-bond donors (Lipinski definition) is 1. The minimum absolute atomic E-state index is 0.160. The quantitative estimate of drug-likeness (QED) is 0.854. The molecule has 1 saturated heterocycles. The minimum Gasteiger partial charge on any atom is -0.343 e. The number of amides is 2. The van der Waals surface area contributed by atoms with Gasteiger partial charge in [0.15, 0.2) is 0 Å². The Morgan fingerprint density at radius 2 is 1.80 bits per heavy atom. The molecule has 0 spiro atoms. The standard InChI is InChI=1S/C15H20N6O2S2/c1-10-17-20-15(24-10)16-13(23)14-19-18-11(25-14)6-7-12(22)21-8-4-2-3-5-9-21/h2-9H2,1H3,(H,16,20,23). The summed E-state index contributed by atoms with van der Waals surface area (Å²) in [5, 5.41) is 20.5. The monoisotopic (exact) mass is 380 g/mol. The second kappa shape index (κ2) is 8.43. The van der Waals surface area contributed by atoms with Crippen LogP contribution in [0.25, 0.3) is 0 Å². The van der Waals surface area contributed by atoms with Crippen LogP contribution in [0.1, 0.15) is 51.9 Å². The van der Waals surface area contributed by atoms with Crippen molar-refractivity contribution in [3.8, 4) is 0 Å². The Morgan fingerprint density at radius 3 is 2.48 bits per heavy atom. The van der Waals surface area contributed by atoms with E-state index < -0.39 is 0 Å². The predicted octanol–water partition coefficient (Wildman–Crippen LogP) is 2.29. The number of likely N-dealkylation sites (tertiary alicyclic amines) is 1. The van der Waals surface area contributed by atoms with Crippen molar-refractivity contribution in [3.05, 3.63) is 15.0 Å². The van der Waals surface area contributed by atoms with Gasteiger partial charge in [0.2, 0.25) is 16.0 Å². The second-order valence-corrected chi connectivity index (χ2v) is 8.12. The molecule has 1 fully saturated rings. The number of aryl methyl sites for hydroxylation is 2. The van der Waals surface area contributed by atoms with Gasteiger partial charge < -0.3 is 4.90 Å². The Kier molecular flexibility index (Phi) is 6.03. The summed E-state index contributed by atoms with van der Waals surface area (Å²) in [4.78, 5) is 26.4. The van der Waals surface area contributed by atoms with Gasteiger partial charge in [-0.05, 0) is 19.8 Å². The van der Waals surface area contributed by atoms with Gasteiger partial charge in [0.25, 0.3) is 5.91 Å². The molecule has 25 heavy (non-hydrogen) atoms. The van der Waals surface area contributed by atoms with Crippen LogP contribution in [0.5, 0.6) is 0 Å². The third-order valence-electron chi connectivity index (χ3n) is 3.92. The van der Waals surface area contributed by atoms with Crippen LogP contribution in [-0.2, 0) is 11.2 Å². The molecule has 0 aromatic carbocycles. The highest BCUT2D eigenvalue weighted by Crippen LogP contribution is 2.18. The lowest BCUT2D eigenvalue weighted by Gasteiger charge is -2.19.